The lowest BCUT2D eigenvalue weighted by molar-refractivity contribution is 0.583. The van der Waals surface area contributed by atoms with Gasteiger partial charge in [-0.15, -0.1) is 0 Å². The molecule has 0 saturated heterocycles. The first kappa shape index (κ1) is 21.4. The molecule has 5 nitrogen and oxygen atoms in total. The van der Waals surface area contributed by atoms with E-state index in [1.165, 1.54) is 11.8 Å². The van der Waals surface area contributed by atoms with Crippen LogP contribution in [0.15, 0.2) is 42.7 Å². The van der Waals surface area contributed by atoms with Crippen LogP contribution in [0.25, 0.3) is 0 Å². The average Bonchev–Trinajstić information content (AvgIpc) is 2.62. The average molecular weight is 450 g/mol. The Morgan fingerprint density at radius 3 is 2.65 bits per heavy atom. The highest BCUT2D eigenvalue weighted by Crippen LogP contribution is 2.22. The number of aromatic nitrogens is 1. The van der Waals surface area contributed by atoms with E-state index in [9.17, 15) is 8.42 Å². The Labute approximate surface area is 172 Å². The van der Waals surface area contributed by atoms with Gasteiger partial charge in [0, 0.05) is 31.2 Å². The van der Waals surface area contributed by atoms with Gasteiger partial charge < -0.3 is 5.32 Å². The highest BCUT2D eigenvalue weighted by atomic mass is 35.5. The van der Waals surface area contributed by atoms with E-state index in [2.05, 4.69) is 15.0 Å². The number of hydrogen-bond donors (Lipinski definition) is 2. The molecule has 140 valence electrons. The minimum Gasteiger partial charge on any atom is -0.367 e. The summed E-state index contributed by atoms with van der Waals surface area (Å²) in [6.45, 7) is 0.718. The van der Waals surface area contributed by atoms with E-state index >= 15 is 0 Å². The van der Waals surface area contributed by atoms with Gasteiger partial charge in [-0.2, -0.15) is 0 Å². The first-order chi connectivity index (χ1) is 12.4. The summed E-state index contributed by atoms with van der Waals surface area (Å²) < 4.78 is 27.2. The Morgan fingerprint density at radius 1 is 1.15 bits per heavy atom. The van der Waals surface area contributed by atoms with Gasteiger partial charge in [-0.05, 0) is 29.3 Å². The summed E-state index contributed by atoms with van der Waals surface area (Å²) in [5, 5.41) is 3.89. The Balaban J connectivity index is 1.70. The lowest BCUT2D eigenvalue weighted by Crippen LogP contribution is -2.27. The van der Waals surface area contributed by atoms with Gasteiger partial charge >= 0.3 is 0 Å². The molecular weight excluding hydrogens is 433 g/mol. The molecule has 0 unspecified atom stereocenters. The summed E-state index contributed by atoms with van der Waals surface area (Å²) in [7, 11) is -3.41. The molecule has 10 heteroatoms. The van der Waals surface area contributed by atoms with Crippen molar-refractivity contribution in [2.45, 2.75) is 13.1 Å². The second-order valence-corrected chi connectivity index (χ2v) is 9.75. The number of sulfonamides is 1. The summed E-state index contributed by atoms with van der Waals surface area (Å²) in [5.41, 5.74) is 1.75. The number of benzene rings is 1. The minimum absolute atomic E-state index is 0.0340. The summed E-state index contributed by atoms with van der Waals surface area (Å²) in [6, 6.07) is 8.78. The molecule has 1 aromatic heterocycles. The Morgan fingerprint density at radius 2 is 1.96 bits per heavy atom. The maximum Gasteiger partial charge on any atom is 0.212 e. The first-order valence-electron chi connectivity index (χ1n) is 7.56. The zero-order chi connectivity index (χ0) is 19.0. The van der Waals surface area contributed by atoms with Crippen LogP contribution in [0.1, 0.15) is 11.1 Å². The van der Waals surface area contributed by atoms with E-state index in [1.807, 2.05) is 12.1 Å². The fraction of sp³-hybridized carbons (Fsp3) is 0.250. The smallest absolute Gasteiger partial charge is 0.212 e. The maximum atomic E-state index is 12.1. The highest BCUT2D eigenvalue weighted by molar-refractivity contribution is 8.23. The highest BCUT2D eigenvalue weighted by Gasteiger charge is 2.11. The quantitative estimate of drug-likeness (QED) is 0.599. The van der Waals surface area contributed by atoms with Gasteiger partial charge in [0.2, 0.25) is 10.0 Å². The standard InChI is InChI=1S/C16H17Cl2N3O2S3/c17-14-4-3-12(8-15(14)18)11-21-26(22,23)7-6-25-16(24)20-10-13-2-1-5-19-9-13/h1-5,8-9,21H,6-7,10-11H2,(H,20,24). The van der Waals surface area contributed by atoms with Crippen LogP contribution in [-0.4, -0.2) is 29.2 Å². The van der Waals surface area contributed by atoms with Crippen LogP contribution in [0.5, 0.6) is 0 Å². The van der Waals surface area contributed by atoms with Crippen molar-refractivity contribution in [3.05, 3.63) is 63.9 Å². The molecule has 0 bridgehead atoms. The predicted molar refractivity (Wildman–Crippen MR) is 113 cm³/mol. The van der Waals surface area contributed by atoms with Crippen molar-refractivity contribution in [2.75, 3.05) is 11.5 Å². The van der Waals surface area contributed by atoms with Gasteiger partial charge in [-0.25, -0.2) is 13.1 Å². The van der Waals surface area contributed by atoms with E-state index < -0.39 is 10.0 Å². The monoisotopic (exact) mass is 449 g/mol. The lowest BCUT2D eigenvalue weighted by Gasteiger charge is -2.09. The maximum absolute atomic E-state index is 12.1. The van der Waals surface area contributed by atoms with Crippen molar-refractivity contribution in [3.63, 3.8) is 0 Å². The number of nitrogens with zero attached hydrogens (tertiary/aromatic N) is 1. The van der Waals surface area contributed by atoms with E-state index in [0.717, 1.165) is 11.1 Å². The molecule has 1 aromatic carbocycles. The summed E-state index contributed by atoms with van der Waals surface area (Å²) in [5.74, 6) is 0.323. The third-order valence-electron chi connectivity index (χ3n) is 3.23. The van der Waals surface area contributed by atoms with Gasteiger partial charge in [0.25, 0.3) is 0 Å². The van der Waals surface area contributed by atoms with Crippen LogP contribution in [0, 0.1) is 0 Å². The van der Waals surface area contributed by atoms with Gasteiger partial charge in [-0.3, -0.25) is 4.98 Å². The van der Waals surface area contributed by atoms with Crippen molar-refractivity contribution in [3.8, 4) is 0 Å². The molecule has 2 aromatic rings. The molecule has 0 amide bonds. The molecule has 0 atom stereocenters. The van der Waals surface area contributed by atoms with Crippen LogP contribution in [0.3, 0.4) is 0 Å². The van der Waals surface area contributed by atoms with Crippen molar-refractivity contribution >= 4 is 61.5 Å². The predicted octanol–water partition coefficient (Wildman–Crippen LogP) is 3.62. The zero-order valence-corrected chi connectivity index (χ0v) is 17.6. The lowest BCUT2D eigenvalue weighted by atomic mass is 10.2. The topological polar surface area (TPSA) is 71.1 Å². The zero-order valence-electron chi connectivity index (χ0n) is 13.6. The number of nitrogens with one attached hydrogen (secondary N) is 2. The van der Waals surface area contributed by atoms with Crippen LogP contribution in [-0.2, 0) is 23.1 Å². The number of hydrogen-bond acceptors (Lipinski definition) is 5. The fourth-order valence-electron chi connectivity index (χ4n) is 1.89. The van der Waals surface area contributed by atoms with E-state index in [1.54, 1.807) is 30.6 Å². The van der Waals surface area contributed by atoms with Crippen LogP contribution >= 0.6 is 47.2 Å². The molecule has 1 heterocycles. The molecule has 0 aliphatic rings. The molecule has 2 rings (SSSR count). The second kappa shape index (κ2) is 10.4. The van der Waals surface area contributed by atoms with Crippen LogP contribution in [0.4, 0.5) is 0 Å². The Bertz CT molecular complexity index is 849. The summed E-state index contributed by atoms with van der Waals surface area (Å²) >= 11 is 18.2. The van der Waals surface area contributed by atoms with Gasteiger partial charge in [0.05, 0.1) is 15.8 Å². The molecule has 0 radical (unpaired) electrons. The largest absolute Gasteiger partial charge is 0.367 e. The van der Waals surface area contributed by atoms with Crippen LogP contribution in [0.2, 0.25) is 10.0 Å². The number of halogens is 2. The third kappa shape index (κ3) is 7.77. The second-order valence-electron chi connectivity index (χ2n) is 5.24. The number of pyridine rings is 1. The molecule has 0 aliphatic heterocycles. The van der Waals surface area contributed by atoms with Gasteiger partial charge in [0.1, 0.15) is 4.32 Å². The van der Waals surface area contributed by atoms with E-state index in [-0.39, 0.29) is 12.3 Å². The number of thiocarbonyl (C=S) groups is 1. The van der Waals surface area contributed by atoms with Crippen molar-refractivity contribution in [1.82, 2.24) is 15.0 Å². The van der Waals surface area contributed by atoms with E-state index in [0.29, 0.717) is 26.7 Å². The SMILES string of the molecule is O=S(=O)(CCSC(=S)NCc1cccnc1)NCc1ccc(Cl)c(Cl)c1. The number of rotatable bonds is 8. The van der Waals surface area contributed by atoms with Crippen molar-refractivity contribution in [2.24, 2.45) is 0 Å². The third-order valence-corrected chi connectivity index (χ3v) is 6.86. The molecule has 0 saturated carbocycles. The minimum atomic E-state index is -3.41. The summed E-state index contributed by atoms with van der Waals surface area (Å²) in [4.78, 5) is 4.02. The summed E-state index contributed by atoms with van der Waals surface area (Å²) in [6.07, 6.45) is 3.45. The molecule has 0 spiro atoms. The number of thioether (sulfide) groups is 1. The van der Waals surface area contributed by atoms with Gasteiger partial charge in [-0.1, -0.05) is 59.3 Å². The Kier molecular flexibility index (Phi) is 8.59. The van der Waals surface area contributed by atoms with E-state index in [4.69, 9.17) is 35.4 Å². The van der Waals surface area contributed by atoms with Crippen molar-refractivity contribution < 1.29 is 8.42 Å². The fourth-order valence-corrected chi connectivity index (χ4v) is 4.63. The molecule has 2 N–H and O–H groups in total. The Hall–Kier alpha value is -0.900. The van der Waals surface area contributed by atoms with Crippen molar-refractivity contribution in [1.29, 1.82) is 0 Å². The normalized spacial score (nSPS) is 11.3. The van der Waals surface area contributed by atoms with Crippen LogP contribution < -0.4 is 10.0 Å². The molecule has 0 fully saturated rings. The molecule has 0 aliphatic carbocycles. The molecular formula is C16H17Cl2N3O2S3. The van der Waals surface area contributed by atoms with Gasteiger partial charge in [0.15, 0.2) is 0 Å². The first-order valence-corrected chi connectivity index (χ1v) is 11.4. The molecule has 26 heavy (non-hydrogen) atoms.